The third-order valence-electron chi connectivity index (χ3n) is 5.25. The lowest BCUT2D eigenvalue weighted by atomic mass is 10.0. The monoisotopic (exact) mass is 354 g/mol. The predicted octanol–water partition coefficient (Wildman–Crippen LogP) is 3.46. The van der Waals surface area contributed by atoms with E-state index in [-0.39, 0.29) is 5.91 Å². The van der Waals surface area contributed by atoms with E-state index in [2.05, 4.69) is 5.32 Å². The largest absolute Gasteiger partial charge is 0.489 e. The van der Waals surface area contributed by atoms with Gasteiger partial charge in [-0.1, -0.05) is 18.2 Å². The van der Waals surface area contributed by atoms with Gasteiger partial charge in [-0.3, -0.25) is 4.79 Å². The third kappa shape index (κ3) is 4.28. The van der Waals surface area contributed by atoms with Crippen LogP contribution in [0.15, 0.2) is 47.1 Å². The van der Waals surface area contributed by atoms with E-state index in [1.807, 2.05) is 41.3 Å². The Morgan fingerprint density at radius 1 is 1.12 bits per heavy atom. The van der Waals surface area contributed by atoms with Gasteiger partial charge in [-0.2, -0.15) is 0 Å². The number of hydrogen-bond acceptors (Lipinski definition) is 4. The van der Waals surface area contributed by atoms with E-state index in [9.17, 15) is 4.79 Å². The zero-order valence-electron chi connectivity index (χ0n) is 15.0. The van der Waals surface area contributed by atoms with Crippen molar-refractivity contribution in [2.45, 2.75) is 38.3 Å². The quantitative estimate of drug-likeness (QED) is 0.827. The molecule has 0 bridgehead atoms. The highest BCUT2D eigenvalue weighted by atomic mass is 16.5. The molecule has 5 heteroatoms. The zero-order valence-corrected chi connectivity index (χ0v) is 15.0. The first-order valence-corrected chi connectivity index (χ1v) is 9.56. The molecule has 1 aromatic heterocycles. The first-order chi connectivity index (χ1) is 12.8. The van der Waals surface area contributed by atoms with Crippen molar-refractivity contribution in [1.82, 2.24) is 10.2 Å². The highest BCUT2D eigenvalue weighted by Crippen LogP contribution is 2.28. The van der Waals surface area contributed by atoms with Gasteiger partial charge >= 0.3 is 0 Å². The second-order valence-electron chi connectivity index (χ2n) is 7.29. The molecule has 4 rings (SSSR count). The standard InChI is InChI=1S/C21H26N2O3/c24-21(23-11-8-18(9-12-23)22-14-16-6-7-16)20-17(10-13-25-20)15-26-19-4-2-1-3-5-19/h1-5,10,13,16,18,22H,6-9,11-12,14-15H2. The molecule has 5 nitrogen and oxygen atoms in total. The number of likely N-dealkylation sites (tertiary alicyclic amines) is 1. The van der Waals surface area contributed by atoms with Gasteiger partial charge in [-0.15, -0.1) is 0 Å². The van der Waals surface area contributed by atoms with Crippen molar-refractivity contribution in [3.05, 3.63) is 54.0 Å². The maximum Gasteiger partial charge on any atom is 0.289 e. The Morgan fingerprint density at radius 3 is 2.62 bits per heavy atom. The molecule has 26 heavy (non-hydrogen) atoms. The topological polar surface area (TPSA) is 54.7 Å². The van der Waals surface area contributed by atoms with Crippen LogP contribution in [0.25, 0.3) is 0 Å². The Labute approximate surface area is 154 Å². The molecule has 138 valence electrons. The van der Waals surface area contributed by atoms with Crippen LogP contribution < -0.4 is 10.1 Å². The molecular weight excluding hydrogens is 328 g/mol. The molecule has 0 radical (unpaired) electrons. The van der Waals surface area contributed by atoms with Crippen LogP contribution in [0, 0.1) is 5.92 Å². The third-order valence-corrected chi connectivity index (χ3v) is 5.25. The number of nitrogens with one attached hydrogen (secondary N) is 1. The van der Waals surface area contributed by atoms with E-state index >= 15 is 0 Å². The number of carbonyl (C=O) groups is 1. The number of rotatable bonds is 7. The van der Waals surface area contributed by atoms with Gasteiger partial charge in [0, 0.05) is 24.7 Å². The summed E-state index contributed by atoms with van der Waals surface area (Å²) in [5.74, 6) is 2.06. The SMILES string of the molecule is O=C(c1occc1COc1ccccc1)N1CCC(NCC2CC2)CC1. The smallest absolute Gasteiger partial charge is 0.289 e. The Hall–Kier alpha value is -2.27. The van der Waals surface area contributed by atoms with Crippen LogP contribution in [0.4, 0.5) is 0 Å². The van der Waals surface area contributed by atoms with Crippen molar-refractivity contribution in [1.29, 1.82) is 0 Å². The lowest BCUT2D eigenvalue weighted by molar-refractivity contribution is 0.0669. The minimum Gasteiger partial charge on any atom is -0.489 e. The van der Waals surface area contributed by atoms with Gasteiger partial charge in [-0.05, 0) is 56.3 Å². The highest BCUT2D eigenvalue weighted by molar-refractivity contribution is 5.93. The van der Waals surface area contributed by atoms with E-state index in [0.717, 1.165) is 49.7 Å². The lowest BCUT2D eigenvalue weighted by Gasteiger charge is -2.32. The van der Waals surface area contributed by atoms with Crippen LogP contribution in [-0.2, 0) is 6.61 Å². The molecule has 1 aromatic carbocycles. The van der Waals surface area contributed by atoms with Crippen molar-refractivity contribution in [3.63, 3.8) is 0 Å². The molecule has 1 aliphatic carbocycles. The highest BCUT2D eigenvalue weighted by Gasteiger charge is 2.28. The van der Waals surface area contributed by atoms with Crippen LogP contribution in [0.3, 0.4) is 0 Å². The van der Waals surface area contributed by atoms with Crippen molar-refractivity contribution in [2.24, 2.45) is 5.92 Å². The Morgan fingerprint density at radius 2 is 1.88 bits per heavy atom. The molecule has 1 saturated heterocycles. The molecule has 0 spiro atoms. The molecule has 1 aliphatic heterocycles. The summed E-state index contributed by atoms with van der Waals surface area (Å²) in [6.45, 7) is 3.03. The van der Waals surface area contributed by atoms with Crippen molar-refractivity contribution in [3.8, 4) is 5.75 Å². The van der Waals surface area contributed by atoms with Crippen LogP contribution in [-0.4, -0.2) is 36.5 Å². The van der Waals surface area contributed by atoms with E-state index in [1.165, 1.54) is 12.8 Å². The Kier molecular flexibility index (Phi) is 5.25. The minimum absolute atomic E-state index is 0.0256. The fraction of sp³-hybridized carbons (Fsp3) is 0.476. The number of nitrogens with zero attached hydrogens (tertiary/aromatic N) is 1. The van der Waals surface area contributed by atoms with Gasteiger partial charge in [0.1, 0.15) is 12.4 Å². The molecule has 2 fully saturated rings. The maximum absolute atomic E-state index is 12.8. The molecule has 0 unspecified atom stereocenters. The Balaban J connectivity index is 1.30. The average molecular weight is 354 g/mol. The van der Waals surface area contributed by atoms with Gasteiger partial charge in [-0.25, -0.2) is 0 Å². The Bertz CT molecular complexity index is 716. The second kappa shape index (κ2) is 7.96. The normalized spacial score (nSPS) is 18.1. The minimum atomic E-state index is -0.0256. The van der Waals surface area contributed by atoms with Crippen LogP contribution >= 0.6 is 0 Å². The molecular formula is C21H26N2O3. The zero-order chi connectivity index (χ0) is 17.8. The summed E-state index contributed by atoms with van der Waals surface area (Å²) in [5.41, 5.74) is 0.799. The summed E-state index contributed by atoms with van der Waals surface area (Å²) < 4.78 is 11.3. The van der Waals surface area contributed by atoms with Crippen molar-refractivity contribution >= 4 is 5.91 Å². The van der Waals surface area contributed by atoms with E-state index in [0.29, 0.717) is 18.4 Å². The molecule has 1 N–H and O–H groups in total. The van der Waals surface area contributed by atoms with Crippen LogP contribution in [0.5, 0.6) is 5.75 Å². The van der Waals surface area contributed by atoms with Gasteiger partial charge in [0.15, 0.2) is 5.76 Å². The van der Waals surface area contributed by atoms with E-state index < -0.39 is 0 Å². The van der Waals surface area contributed by atoms with Gasteiger partial charge in [0.25, 0.3) is 5.91 Å². The maximum atomic E-state index is 12.8. The number of benzene rings is 1. The summed E-state index contributed by atoms with van der Waals surface area (Å²) in [5, 5.41) is 3.65. The first-order valence-electron chi connectivity index (χ1n) is 9.56. The molecule has 0 atom stereocenters. The van der Waals surface area contributed by atoms with E-state index in [1.54, 1.807) is 6.26 Å². The summed E-state index contributed by atoms with van der Waals surface area (Å²) in [6.07, 6.45) is 6.33. The number of amides is 1. The predicted molar refractivity (Wildman–Crippen MR) is 99.1 cm³/mol. The number of para-hydroxylation sites is 1. The van der Waals surface area contributed by atoms with Crippen molar-refractivity contribution in [2.75, 3.05) is 19.6 Å². The van der Waals surface area contributed by atoms with Crippen molar-refractivity contribution < 1.29 is 13.9 Å². The molecule has 2 aromatic rings. The summed E-state index contributed by atoms with van der Waals surface area (Å²) >= 11 is 0. The lowest BCUT2D eigenvalue weighted by Crippen LogP contribution is -2.45. The van der Waals surface area contributed by atoms with E-state index in [4.69, 9.17) is 9.15 Å². The second-order valence-corrected chi connectivity index (χ2v) is 7.29. The number of carbonyl (C=O) groups excluding carboxylic acids is 1. The number of furan rings is 1. The van der Waals surface area contributed by atoms with Gasteiger partial charge in [0.05, 0.1) is 6.26 Å². The van der Waals surface area contributed by atoms with Crippen LogP contribution in [0.2, 0.25) is 0 Å². The number of piperidine rings is 1. The van der Waals surface area contributed by atoms with Crippen LogP contribution in [0.1, 0.15) is 41.8 Å². The number of hydrogen-bond donors (Lipinski definition) is 1. The summed E-state index contributed by atoms with van der Waals surface area (Å²) in [4.78, 5) is 14.7. The number of ether oxygens (including phenoxy) is 1. The van der Waals surface area contributed by atoms with Gasteiger partial charge in [0.2, 0.25) is 0 Å². The summed E-state index contributed by atoms with van der Waals surface area (Å²) in [7, 11) is 0. The molecule has 2 heterocycles. The summed E-state index contributed by atoms with van der Waals surface area (Å²) in [6, 6.07) is 12.0. The first kappa shape index (κ1) is 17.2. The average Bonchev–Trinajstić information content (AvgIpc) is 3.41. The molecule has 2 aliphatic rings. The molecule has 1 amide bonds. The fourth-order valence-corrected chi connectivity index (χ4v) is 3.40. The molecule has 1 saturated carbocycles. The fourth-order valence-electron chi connectivity index (χ4n) is 3.40. The van der Waals surface area contributed by atoms with Gasteiger partial charge < -0.3 is 19.4 Å².